The second-order valence-electron chi connectivity index (χ2n) is 8.82. The van der Waals surface area contributed by atoms with Gasteiger partial charge in [0, 0.05) is 25.4 Å². The highest BCUT2D eigenvalue weighted by Gasteiger charge is 2.20. The zero-order valence-electron chi connectivity index (χ0n) is 19.0. The molecule has 0 saturated carbocycles. The molecule has 0 aliphatic heterocycles. The fourth-order valence-electron chi connectivity index (χ4n) is 4.10. The smallest absolute Gasteiger partial charge is 0.280 e. The van der Waals surface area contributed by atoms with Gasteiger partial charge in [0.2, 0.25) is 0 Å². The van der Waals surface area contributed by atoms with E-state index in [1.54, 1.807) is 7.05 Å². The van der Waals surface area contributed by atoms with Gasteiger partial charge in [-0.3, -0.25) is 13.9 Å². The van der Waals surface area contributed by atoms with Crippen molar-refractivity contribution in [1.29, 1.82) is 0 Å². The molecule has 30 heavy (non-hydrogen) atoms. The van der Waals surface area contributed by atoms with Crippen LogP contribution in [0.4, 0.5) is 0 Å². The number of aromatic nitrogens is 3. The van der Waals surface area contributed by atoms with Crippen LogP contribution in [0, 0.1) is 5.92 Å². The summed E-state index contributed by atoms with van der Waals surface area (Å²) in [6, 6.07) is 8.35. The molecule has 0 radical (unpaired) electrons. The normalized spacial score (nSPS) is 11.7. The number of aryl methyl sites for hydroxylation is 2. The van der Waals surface area contributed by atoms with Crippen molar-refractivity contribution in [2.45, 2.75) is 66.3 Å². The van der Waals surface area contributed by atoms with Crippen molar-refractivity contribution in [3.63, 3.8) is 0 Å². The third-order valence-corrected chi connectivity index (χ3v) is 5.75. The Balaban J connectivity index is 2.44. The molecule has 0 spiro atoms. The molecule has 2 heterocycles. The van der Waals surface area contributed by atoms with E-state index in [0.29, 0.717) is 29.4 Å². The van der Waals surface area contributed by atoms with Crippen LogP contribution in [0.1, 0.15) is 64.5 Å². The molecule has 0 aliphatic rings. The minimum absolute atomic E-state index is 0.218. The Hall–Kier alpha value is -2.69. The number of rotatable bonds is 7. The highest BCUT2D eigenvalue weighted by Crippen LogP contribution is 2.34. The Morgan fingerprint density at radius 3 is 2.37 bits per heavy atom. The van der Waals surface area contributed by atoms with Crippen LogP contribution in [0.25, 0.3) is 22.2 Å². The van der Waals surface area contributed by atoms with Gasteiger partial charge in [-0.15, -0.1) is 0 Å². The maximum atomic E-state index is 13.5. The lowest BCUT2D eigenvalue weighted by Gasteiger charge is -2.19. The number of hydrogen-bond acceptors (Lipinski definition) is 3. The van der Waals surface area contributed by atoms with Crippen molar-refractivity contribution in [3.05, 3.63) is 62.4 Å². The van der Waals surface area contributed by atoms with E-state index in [1.165, 1.54) is 14.7 Å². The maximum Gasteiger partial charge on any atom is 0.332 e. The van der Waals surface area contributed by atoms with Crippen LogP contribution in [0.15, 0.2) is 40.1 Å². The Kier molecular flexibility index (Phi) is 6.59. The van der Waals surface area contributed by atoms with Crippen LogP contribution < -0.4 is 11.2 Å². The molecule has 160 valence electrons. The van der Waals surface area contributed by atoms with E-state index >= 15 is 0 Å². The summed E-state index contributed by atoms with van der Waals surface area (Å²) in [6.07, 6.45) is 4.32. The van der Waals surface area contributed by atoms with E-state index in [-0.39, 0.29) is 11.2 Å². The number of fused-ring (bicyclic) bond motifs is 1. The first-order valence-corrected chi connectivity index (χ1v) is 11.0. The molecule has 1 aromatic carbocycles. The second kappa shape index (κ2) is 8.99. The molecule has 0 unspecified atom stereocenters. The van der Waals surface area contributed by atoms with E-state index < -0.39 is 0 Å². The summed E-state index contributed by atoms with van der Waals surface area (Å²) in [5.74, 6) is 0.860. The SMILES string of the molecule is CCCn1c(=O)c2c(CCC(C)C)c(-c3ccccc3C(C)C)cnc2n(C)c1=O. The van der Waals surface area contributed by atoms with Crippen molar-refractivity contribution < 1.29 is 0 Å². The lowest BCUT2D eigenvalue weighted by atomic mass is 9.88. The summed E-state index contributed by atoms with van der Waals surface area (Å²) in [4.78, 5) is 30.8. The van der Waals surface area contributed by atoms with Crippen LogP contribution in [-0.4, -0.2) is 14.1 Å². The van der Waals surface area contributed by atoms with Crippen molar-refractivity contribution in [2.75, 3.05) is 0 Å². The first-order valence-electron chi connectivity index (χ1n) is 11.0. The van der Waals surface area contributed by atoms with Crippen LogP contribution in [0.3, 0.4) is 0 Å². The summed E-state index contributed by atoms with van der Waals surface area (Å²) in [7, 11) is 1.71. The topological polar surface area (TPSA) is 56.9 Å². The van der Waals surface area contributed by atoms with Gasteiger partial charge in [-0.05, 0) is 47.8 Å². The summed E-state index contributed by atoms with van der Waals surface area (Å²) < 4.78 is 2.88. The third kappa shape index (κ3) is 3.98. The van der Waals surface area contributed by atoms with Crippen LogP contribution >= 0.6 is 0 Å². The average Bonchev–Trinajstić information content (AvgIpc) is 2.72. The highest BCUT2D eigenvalue weighted by atomic mass is 16.2. The molecule has 0 fully saturated rings. The molecule has 2 aromatic heterocycles. The minimum Gasteiger partial charge on any atom is -0.280 e. The molecule has 0 N–H and O–H groups in total. The first-order chi connectivity index (χ1) is 14.3. The maximum absolute atomic E-state index is 13.5. The van der Waals surface area contributed by atoms with Gasteiger partial charge in [0.1, 0.15) is 5.65 Å². The molecule has 0 atom stereocenters. The van der Waals surface area contributed by atoms with Crippen molar-refractivity contribution in [3.8, 4) is 11.1 Å². The molecule has 3 rings (SSSR count). The average molecular weight is 408 g/mol. The van der Waals surface area contributed by atoms with Gasteiger partial charge in [-0.1, -0.05) is 58.9 Å². The molecule has 0 saturated heterocycles. The number of pyridine rings is 1. The van der Waals surface area contributed by atoms with Crippen LogP contribution in [-0.2, 0) is 20.0 Å². The van der Waals surface area contributed by atoms with Gasteiger partial charge in [0.05, 0.1) is 5.39 Å². The summed E-state index contributed by atoms with van der Waals surface area (Å²) in [6.45, 7) is 11.1. The molecule has 0 bridgehead atoms. The minimum atomic E-state index is -0.299. The first kappa shape index (κ1) is 22.0. The largest absolute Gasteiger partial charge is 0.332 e. The monoisotopic (exact) mass is 407 g/mol. The third-order valence-electron chi connectivity index (χ3n) is 5.75. The van der Waals surface area contributed by atoms with Crippen molar-refractivity contribution >= 4 is 11.0 Å². The predicted octanol–water partition coefficient (Wildman–Crippen LogP) is 4.88. The lowest BCUT2D eigenvalue weighted by molar-refractivity contribution is 0.582. The summed E-state index contributed by atoms with van der Waals surface area (Å²) >= 11 is 0. The Labute approximate surface area is 178 Å². The van der Waals surface area contributed by atoms with Crippen LogP contribution in [0.5, 0.6) is 0 Å². The van der Waals surface area contributed by atoms with E-state index in [4.69, 9.17) is 0 Å². The summed E-state index contributed by atoms with van der Waals surface area (Å²) in [5, 5.41) is 0.585. The fourth-order valence-corrected chi connectivity index (χ4v) is 4.10. The molecule has 0 aliphatic carbocycles. The Morgan fingerprint density at radius 2 is 1.73 bits per heavy atom. The molecule has 0 amide bonds. The second-order valence-corrected chi connectivity index (χ2v) is 8.82. The Bertz CT molecular complexity index is 1170. The van der Waals surface area contributed by atoms with E-state index in [2.05, 4.69) is 50.9 Å². The number of nitrogens with zero attached hydrogens (tertiary/aromatic N) is 3. The summed E-state index contributed by atoms with van der Waals surface area (Å²) in [5.41, 5.74) is 4.33. The van der Waals surface area contributed by atoms with Gasteiger partial charge >= 0.3 is 5.69 Å². The zero-order chi connectivity index (χ0) is 22.0. The number of hydrogen-bond donors (Lipinski definition) is 0. The standard InChI is InChI=1S/C25H33N3O2/c1-7-14-28-24(29)22-20(13-12-16(2)3)21(15-26-23(22)27(6)25(28)30)19-11-9-8-10-18(19)17(4)5/h8-11,15-17H,7,12-14H2,1-6H3. The number of benzene rings is 1. The van der Waals surface area contributed by atoms with Crippen molar-refractivity contribution in [2.24, 2.45) is 13.0 Å². The van der Waals surface area contributed by atoms with Gasteiger partial charge < -0.3 is 0 Å². The van der Waals surface area contributed by atoms with Gasteiger partial charge in [0.15, 0.2) is 0 Å². The van der Waals surface area contributed by atoms with E-state index in [0.717, 1.165) is 36.0 Å². The molecular weight excluding hydrogens is 374 g/mol. The van der Waals surface area contributed by atoms with E-state index in [1.807, 2.05) is 19.2 Å². The van der Waals surface area contributed by atoms with Gasteiger partial charge in [0.25, 0.3) is 5.56 Å². The fraction of sp³-hybridized carbons (Fsp3) is 0.480. The molecule has 5 heteroatoms. The van der Waals surface area contributed by atoms with Crippen molar-refractivity contribution in [1.82, 2.24) is 14.1 Å². The predicted molar refractivity (Wildman–Crippen MR) is 124 cm³/mol. The molecule has 3 aromatic rings. The molecule has 5 nitrogen and oxygen atoms in total. The quantitative estimate of drug-likeness (QED) is 0.561. The van der Waals surface area contributed by atoms with Gasteiger partial charge in [-0.2, -0.15) is 0 Å². The Morgan fingerprint density at radius 1 is 1.03 bits per heavy atom. The zero-order valence-corrected chi connectivity index (χ0v) is 19.0. The van der Waals surface area contributed by atoms with E-state index in [9.17, 15) is 9.59 Å². The van der Waals surface area contributed by atoms with Gasteiger partial charge in [-0.25, -0.2) is 9.78 Å². The molecular formula is C25H33N3O2. The van der Waals surface area contributed by atoms with Crippen LogP contribution in [0.2, 0.25) is 0 Å². The highest BCUT2D eigenvalue weighted by molar-refractivity contribution is 5.87. The lowest BCUT2D eigenvalue weighted by Crippen LogP contribution is -2.39.